The molecule has 3 nitrogen and oxygen atoms in total. The summed E-state index contributed by atoms with van der Waals surface area (Å²) in [5, 5.41) is 3.35. The lowest BCUT2D eigenvalue weighted by atomic mass is 10.2. The summed E-state index contributed by atoms with van der Waals surface area (Å²) in [6.45, 7) is 2.80. The third-order valence-corrected chi connectivity index (χ3v) is 3.14. The average molecular weight is 280 g/mol. The predicted molar refractivity (Wildman–Crippen MR) is 69.4 cm³/mol. The minimum absolute atomic E-state index is 0.727. The Morgan fingerprint density at radius 1 is 1.44 bits per heavy atom. The van der Waals surface area contributed by atoms with Gasteiger partial charge in [-0.15, -0.1) is 0 Å². The minimum atomic E-state index is 0.727. The van der Waals surface area contributed by atoms with E-state index in [1.807, 2.05) is 17.8 Å². The van der Waals surface area contributed by atoms with E-state index >= 15 is 0 Å². The number of imidazole rings is 1. The van der Waals surface area contributed by atoms with Gasteiger partial charge in [-0.2, -0.15) is 0 Å². The number of halogens is 1. The van der Waals surface area contributed by atoms with Gasteiger partial charge in [-0.25, -0.2) is 4.98 Å². The molecule has 0 fully saturated rings. The van der Waals surface area contributed by atoms with E-state index in [0.717, 1.165) is 22.5 Å². The third kappa shape index (κ3) is 2.44. The number of nitrogens with zero attached hydrogens (tertiary/aromatic N) is 2. The summed E-state index contributed by atoms with van der Waals surface area (Å²) >= 11 is 3.54. The number of hydrogen-bond acceptors (Lipinski definition) is 2. The Hall–Kier alpha value is -1.29. The maximum absolute atomic E-state index is 4.26. The molecular weight excluding hydrogens is 266 g/mol. The molecule has 0 aliphatic heterocycles. The highest BCUT2D eigenvalue weighted by Gasteiger charge is 2.02. The van der Waals surface area contributed by atoms with Crippen LogP contribution in [0.15, 0.2) is 35.1 Å². The Morgan fingerprint density at radius 2 is 2.25 bits per heavy atom. The van der Waals surface area contributed by atoms with Gasteiger partial charge in [-0.1, -0.05) is 6.07 Å². The molecule has 16 heavy (non-hydrogen) atoms. The molecule has 4 heteroatoms. The normalized spacial score (nSPS) is 10.4. The maximum atomic E-state index is 4.26. The molecule has 1 aromatic carbocycles. The molecule has 2 rings (SSSR count). The summed E-state index contributed by atoms with van der Waals surface area (Å²) in [5.41, 5.74) is 2.34. The number of hydrogen-bond donors (Lipinski definition) is 1. The zero-order valence-corrected chi connectivity index (χ0v) is 11.0. The molecule has 0 aliphatic rings. The fourth-order valence-electron chi connectivity index (χ4n) is 1.50. The zero-order valence-electron chi connectivity index (χ0n) is 9.37. The number of benzene rings is 1. The second-order valence-electron chi connectivity index (χ2n) is 3.79. The summed E-state index contributed by atoms with van der Waals surface area (Å²) in [6, 6.07) is 6.26. The van der Waals surface area contributed by atoms with Crippen LogP contribution in [0.3, 0.4) is 0 Å². The Balaban J connectivity index is 2.08. The van der Waals surface area contributed by atoms with Crippen molar-refractivity contribution in [3.8, 4) is 0 Å². The molecule has 0 aliphatic carbocycles. The van der Waals surface area contributed by atoms with Crippen molar-refractivity contribution in [2.24, 2.45) is 7.05 Å². The monoisotopic (exact) mass is 279 g/mol. The third-order valence-electron chi connectivity index (χ3n) is 2.48. The molecule has 1 heterocycles. The van der Waals surface area contributed by atoms with E-state index in [-0.39, 0.29) is 0 Å². The van der Waals surface area contributed by atoms with E-state index in [1.165, 1.54) is 5.56 Å². The van der Waals surface area contributed by atoms with Crippen LogP contribution in [-0.2, 0) is 13.6 Å². The lowest BCUT2D eigenvalue weighted by Gasteiger charge is -2.09. The van der Waals surface area contributed by atoms with E-state index < -0.39 is 0 Å². The molecule has 0 radical (unpaired) electrons. The van der Waals surface area contributed by atoms with Crippen LogP contribution < -0.4 is 5.32 Å². The highest BCUT2D eigenvalue weighted by molar-refractivity contribution is 9.10. The molecule has 1 N–H and O–H groups in total. The van der Waals surface area contributed by atoms with E-state index in [1.54, 1.807) is 6.20 Å². The molecule has 84 valence electrons. The van der Waals surface area contributed by atoms with Gasteiger partial charge in [0.15, 0.2) is 0 Å². The van der Waals surface area contributed by atoms with Crippen LogP contribution in [0, 0.1) is 6.92 Å². The Kier molecular flexibility index (Phi) is 3.29. The number of aromatic nitrogens is 2. The highest BCUT2D eigenvalue weighted by Crippen LogP contribution is 2.23. The van der Waals surface area contributed by atoms with E-state index in [0.29, 0.717) is 0 Å². The summed E-state index contributed by atoms with van der Waals surface area (Å²) in [7, 11) is 1.99. The molecule has 0 spiro atoms. The smallest absolute Gasteiger partial charge is 0.127 e. The zero-order chi connectivity index (χ0) is 11.5. The first-order valence-corrected chi connectivity index (χ1v) is 5.92. The molecule has 0 saturated heterocycles. The van der Waals surface area contributed by atoms with Gasteiger partial charge in [0.05, 0.1) is 6.54 Å². The van der Waals surface area contributed by atoms with Gasteiger partial charge >= 0.3 is 0 Å². The van der Waals surface area contributed by atoms with E-state index in [4.69, 9.17) is 0 Å². The van der Waals surface area contributed by atoms with Crippen molar-refractivity contribution in [2.75, 3.05) is 5.32 Å². The van der Waals surface area contributed by atoms with Crippen molar-refractivity contribution in [3.63, 3.8) is 0 Å². The van der Waals surface area contributed by atoms with Crippen LogP contribution in [0.5, 0.6) is 0 Å². The standard InChI is InChI=1S/C12H14BrN3/c1-9-3-4-11(10(13)7-9)15-8-12-14-5-6-16(12)2/h3-7,15H,8H2,1-2H3. The number of nitrogens with one attached hydrogen (secondary N) is 1. The lowest BCUT2D eigenvalue weighted by Crippen LogP contribution is -2.05. The van der Waals surface area contributed by atoms with Crippen LogP contribution in [0.4, 0.5) is 5.69 Å². The number of rotatable bonds is 3. The van der Waals surface area contributed by atoms with Crippen LogP contribution in [0.2, 0.25) is 0 Å². The first kappa shape index (κ1) is 11.2. The molecule has 0 unspecified atom stereocenters. The summed E-state index contributed by atoms with van der Waals surface area (Å²) in [5.74, 6) is 1.02. The van der Waals surface area contributed by atoms with Gasteiger partial charge < -0.3 is 9.88 Å². The first-order chi connectivity index (χ1) is 7.66. The largest absolute Gasteiger partial charge is 0.377 e. The van der Waals surface area contributed by atoms with Crippen molar-refractivity contribution in [1.82, 2.24) is 9.55 Å². The second kappa shape index (κ2) is 4.70. The van der Waals surface area contributed by atoms with Crippen molar-refractivity contribution in [2.45, 2.75) is 13.5 Å². The van der Waals surface area contributed by atoms with Gasteiger partial charge in [0, 0.05) is 29.6 Å². The lowest BCUT2D eigenvalue weighted by molar-refractivity contribution is 0.812. The van der Waals surface area contributed by atoms with Crippen molar-refractivity contribution < 1.29 is 0 Å². The summed E-state index contributed by atoms with van der Waals surface area (Å²) in [6.07, 6.45) is 3.75. The van der Waals surface area contributed by atoms with E-state index in [9.17, 15) is 0 Å². The van der Waals surface area contributed by atoms with Crippen LogP contribution >= 0.6 is 15.9 Å². The summed E-state index contributed by atoms with van der Waals surface area (Å²) in [4.78, 5) is 4.26. The Morgan fingerprint density at radius 3 is 2.88 bits per heavy atom. The van der Waals surface area contributed by atoms with Crippen LogP contribution in [0.25, 0.3) is 0 Å². The quantitative estimate of drug-likeness (QED) is 0.936. The fourth-order valence-corrected chi connectivity index (χ4v) is 2.14. The van der Waals surface area contributed by atoms with Gasteiger partial charge in [-0.3, -0.25) is 0 Å². The van der Waals surface area contributed by atoms with Crippen molar-refractivity contribution in [3.05, 3.63) is 46.5 Å². The molecule has 0 saturated carbocycles. The minimum Gasteiger partial charge on any atom is -0.377 e. The second-order valence-corrected chi connectivity index (χ2v) is 4.65. The average Bonchev–Trinajstić information content (AvgIpc) is 2.63. The van der Waals surface area contributed by atoms with Crippen molar-refractivity contribution >= 4 is 21.6 Å². The predicted octanol–water partition coefficient (Wildman–Crippen LogP) is 3.10. The fraction of sp³-hybridized carbons (Fsp3) is 0.250. The first-order valence-electron chi connectivity index (χ1n) is 5.13. The van der Waals surface area contributed by atoms with Gasteiger partial charge in [0.2, 0.25) is 0 Å². The SMILES string of the molecule is Cc1ccc(NCc2nccn2C)c(Br)c1. The highest BCUT2D eigenvalue weighted by atomic mass is 79.9. The topological polar surface area (TPSA) is 29.9 Å². The molecule has 2 aromatic rings. The molecular formula is C12H14BrN3. The molecule has 0 atom stereocenters. The van der Waals surface area contributed by atoms with Gasteiger partial charge in [0.1, 0.15) is 5.82 Å². The molecule has 0 amide bonds. The van der Waals surface area contributed by atoms with Crippen LogP contribution in [-0.4, -0.2) is 9.55 Å². The summed E-state index contributed by atoms with van der Waals surface area (Å²) < 4.78 is 3.09. The molecule has 0 bridgehead atoms. The Bertz CT molecular complexity index is 491. The van der Waals surface area contributed by atoms with Gasteiger partial charge in [-0.05, 0) is 40.5 Å². The molecule has 1 aromatic heterocycles. The van der Waals surface area contributed by atoms with E-state index in [2.05, 4.69) is 51.4 Å². The number of anilines is 1. The Labute approximate surface area is 104 Å². The van der Waals surface area contributed by atoms with Crippen molar-refractivity contribution in [1.29, 1.82) is 0 Å². The number of aryl methyl sites for hydroxylation is 2. The maximum Gasteiger partial charge on any atom is 0.127 e. The van der Waals surface area contributed by atoms with Gasteiger partial charge in [0.25, 0.3) is 0 Å². The van der Waals surface area contributed by atoms with Crippen LogP contribution in [0.1, 0.15) is 11.4 Å².